The van der Waals surface area contributed by atoms with Crippen LogP contribution in [0.1, 0.15) is 31.1 Å². The average Bonchev–Trinajstić information content (AvgIpc) is 2.92. The van der Waals surface area contributed by atoms with Crippen LogP contribution in [0.15, 0.2) is 28.8 Å². The number of hydrogen-bond acceptors (Lipinski definition) is 5. The normalized spacial score (nSPS) is 13.9. The molecule has 1 aromatic carbocycles. The summed E-state index contributed by atoms with van der Waals surface area (Å²) in [5.41, 5.74) is 5.14. The van der Waals surface area contributed by atoms with Gasteiger partial charge in [0.25, 0.3) is 0 Å². The lowest BCUT2D eigenvalue weighted by Gasteiger charge is -2.27. The molecule has 6 nitrogen and oxygen atoms in total. The fraction of sp³-hybridized carbons (Fsp3) is 0.357. The second-order valence-electron chi connectivity index (χ2n) is 4.81. The van der Waals surface area contributed by atoms with Crippen LogP contribution >= 0.6 is 11.6 Å². The van der Waals surface area contributed by atoms with Gasteiger partial charge in [-0.1, -0.05) is 35.8 Å². The molecule has 0 bridgehead atoms. The first-order chi connectivity index (χ1) is 9.95. The van der Waals surface area contributed by atoms with E-state index in [1.54, 1.807) is 31.2 Å². The van der Waals surface area contributed by atoms with E-state index in [0.29, 0.717) is 28.7 Å². The summed E-state index contributed by atoms with van der Waals surface area (Å²) in [6.45, 7) is 3.86. The van der Waals surface area contributed by atoms with Crippen molar-refractivity contribution >= 4 is 17.5 Å². The van der Waals surface area contributed by atoms with Crippen molar-refractivity contribution in [2.45, 2.75) is 32.4 Å². The Morgan fingerprint density at radius 2 is 2.29 bits per heavy atom. The van der Waals surface area contributed by atoms with E-state index in [2.05, 4.69) is 15.5 Å². The maximum Gasteiger partial charge on any atom is 0.242 e. The highest BCUT2D eigenvalue weighted by molar-refractivity contribution is 6.30. The Balaban J connectivity index is 2.20. The molecule has 2 aromatic rings. The highest BCUT2D eigenvalue weighted by Gasteiger charge is 2.33. The van der Waals surface area contributed by atoms with Crippen molar-refractivity contribution in [2.24, 2.45) is 5.73 Å². The third kappa shape index (κ3) is 3.40. The van der Waals surface area contributed by atoms with Gasteiger partial charge in [0.05, 0.1) is 6.54 Å². The third-order valence-corrected chi connectivity index (χ3v) is 3.55. The lowest BCUT2D eigenvalue weighted by Crippen LogP contribution is -2.50. The minimum absolute atomic E-state index is 0.235. The molecule has 1 amide bonds. The first-order valence-corrected chi connectivity index (χ1v) is 6.96. The maximum absolute atomic E-state index is 11.9. The second kappa shape index (κ2) is 6.24. The molecule has 21 heavy (non-hydrogen) atoms. The van der Waals surface area contributed by atoms with E-state index in [-0.39, 0.29) is 6.54 Å². The number of aryl methyl sites for hydroxylation is 1. The molecule has 2 rings (SSSR count). The number of benzene rings is 1. The van der Waals surface area contributed by atoms with Crippen LogP contribution < -0.4 is 11.1 Å². The Labute approximate surface area is 127 Å². The predicted molar refractivity (Wildman–Crippen MR) is 78.5 cm³/mol. The predicted octanol–water partition coefficient (Wildman–Crippen LogP) is 1.78. The van der Waals surface area contributed by atoms with Gasteiger partial charge in [-0.15, -0.1) is 0 Å². The molecule has 1 heterocycles. The molecule has 0 aliphatic rings. The summed E-state index contributed by atoms with van der Waals surface area (Å²) in [5.74, 6) is 0.511. The van der Waals surface area contributed by atoms with Gasteiger partial charge < -0.3 is 10.3 Å². The fourth-order valence-electron chi connectivity index (χ4n) is 1.89. The molecule has 0 spiro atoms. The standard InChI is InChI=1S/C14H17ClN4O2/c1-3-11-18-12(21-19-11)8-17-14(2,13(16)20)9-5-4-6-10(15)7-9/h4-7,17H,3,8H2,1-2H3,(H2,16,20)/t14-/m1/s1. The minimum Gasteiger partial charge on any atom is -0.368 e. The Hall–Kier alpha value is -1.92. The SMILES string of the molecule is CCc1noc(CN[C@@](C)(C(N)=O)c2cccc(Cl)c2)n1. The molecule has 0 aliphatic carbocycles. The molecule has 0 fully saturated rings. The number of primary amides is 1. The lowest BCUT2D eigenvalue weighted by atomic mass is 9.91. The van der Waals surface area contributed by atoms with Crippen LogP contribution in [0.2, 0.25) is 5.02 Å². The highest BCUT2D eigenvalue weighted by atomic mass is 35.5. The Morgan fingerprint density at radius 1 is 1.52 bits per heavy atom. The first-order valence-electron chi connectivity index (χ1n) is 6.58. The van der Waals surface area contributed by atoms with E-state index in [4.69, 9.17) is 21.9 Å². The number of aromatic nitrogens is 2. The van der Waals surface area contributed by atoms with Crippen LogP contribution in [0.3, 0.4) is 0 Å². The van der Waals surface area contributed by atoms with Crippen molar-refractivity contribution in [3.8, 4) is 0 Å². The Morgan fingerprint density at radius 3 is 2.86 bits per heavy atom. The Kier molecular flexibility index (Phi) is 4.59. The van der Waals surface area contributed by atoms with Gasteiger partial charge in [0.15, 0.2) is 5.82 Å². The van der Waals surface area contributed by atoms with Gasteiger partial charge in [-0.2, -0.15) is 4.98 Å². The molecule has 0 saturated carbocycles. The number of nitrogens with one attached hydrogen (secondary N) is 1. The third-order valence-electron chi connectivity index (χ3n) is 3.31. The number of amides is 1. The number of halogens is 1. The van der Waals surface area contributed by atoms with Crippen LogP contribution in [0.4, 0.5) is 0 Å². The van der Waals surface area contributed by atoms with Crippen molar-refractivity contribution in [3.05, 3.63) is 46.6 Å². The van der Waals surface area contributed by atoms with Crippen molar-refractivity contribution in [3.63, 3.8) is 0 Å². The molecular weight excluding hydrogens is 292 g/mol. The number of carbonyl (C=O) groups is 1. The van der Waals surface area contributed by atoms with Crippen LogP contribution in [0.25, 0.3) is 0 Å². The van der Waals surface area contributed by atoms with E-state index < -0.39 is 11.4 Å². The monoisotopic (exact) mass is 308 g/mol. The van der Waals surface area contributed by atoms with Crippen molar-refractivity contribution < 1.29 is 9.32 Å². The van der Waals surface area contributed by atoms with Gasteiger partial charge in [-0.25, -0.2) is 0 Å². The van der Waals surface area contributed by atoms with E-state index in [1.807, 2.05) is 6.92 Å². The second-order valence-corrected chi connectivity index (χ2v) is 5.25. The zero-order chi connectivity index (χ0) is 15.5. The average molecular weight is 309 g/mol. The Bertz CT molecular complexity index is 643. The number of carbonyl (C=O) groups excluding carboxylic acids is 1. The van der Waals surface area contributed by atoms with Crippen LogP contribution in [0.5, 0.6) is 0 Å². The molecule has 0 aliphatic heterocycles. The minimum atomic E-state index is -1.08. The molecule has 1 aromatic heterocycles. The van der Waals surface area contributed by atoms with Crippen molar-refractivity contribution in [1.82, 2.24) is 15.5 Å². The van der Waals surface area contributed by atoms with Gasteiger partial charge in [0, 0.05) is 11.4 Å². The van der Waals surface area contributed by atoms with Crippen molar-refractivity contribution in [2.75, 3.05) is 0 Å². The fourth-order valence-corrected chi connectivity index (χ4v) is 2.08. The van der Waals surface area contributed by atoms with E-state index in [0.717, 1.165) is 0 Å². The molecule has 0 saturated heterocycles. The molecule has 7 heteroatoms. The summed E-state index contributed by atoms with van der Waals surface area (Å²) < 4.78 is 5.09. The van der Waals surface area contributed by atoms with Gasteiger partial charge >= 0.3 is 0 Å². The van der Waals surface area contributed by atoms with Crippen molar-refractivity contribution in [1.29, 1.82) is 0 Å². The number of nitrogens with two attached hydrogens (primary N) is 1. The zero-order valence-electron chi connectivity index (χ0n) is 11.9. The number of nitrogens with zero attached hydrogens (tertiary/aromatic N) is 2. The van der Waals surface area contributed by atoms with Crippen LogP contribution in [-0.2, 0) is 23.3 Å². The lowest BCUT2D eigenvalue weighted by molar-refractivity contribution is -0.124. The van der Waals surface area contributed by atoms with E-state index >= 15 is 0 Å². The summed E-state index contributed by atoms with van der Waals surface area (Å²) in [7, 11) is 0. The summed E-state index contributed by atoms with van der Waals surface area (Å²) in [6.07, 6.45) is 0.685. The van der Waals surface area contributed by atoms with Gasteiger partial charge in [0.1, 0.15) is 5.54 Å². The van der Waals surface area contributed by atoms with Crippen LogP contribution in [0, 0.1) is 0 Å². The summed E-state index contributed by atoms with van der Waals surface area (Å²) in [5, 5.41) is 7.40. The van der Waals surface area contributed by atoms with Crippen LogP contribution in [-0.4, -0.2) is 16.0 Å². The smallest absolute Gasteiger partial charge is 0.242 e. The van der Waals surface area contributed by atoms with Gasteiger partial charge in [0.2, 0.25) is 11.8 Å². The quantitative estimate of drug-likeness (QED) is 0.848. The maximum atomic E-state index is 11.9. The molecular formula is C14H17ClN4O2. The van der Waals surface area contributed by atoms with E-state index in [1.165, 1.54) is 0 Å². The number of rotatable bonds is 6. The molecule has 0 unspecified atom stereocenters. The first kappa shape index (κ1) is 15.5. The topological polar surface area (TPSA) is 94.0 Å². The van der Waals surface area contributed by atoms with E-state index in [9.17, 15) is 4.79 Å². The largest absolute Gasteiger partial charge is 0.368 e. The molecule has 3 N–H and O–H groups in total. The number of hydrogen-bond donors (Lipinski definition) is 2. The van der Waals surface area contributed by atoms with Gasteiger partial charge in [-0.3, -0.25) is 10.1 Å². The molecule has 112 valence electrons. The molecule has 1 atom stereocenters. The summed E-state index contributed by atoms with van der Waals surface area (Å²) >= 11 is 5.97. The molecule has 0 radical (unpaired) electrons. The van der Waals surface area contributed by atoms with Gasteiger partial charge in [-0.05, 0) is 24.6 Å². The summed E-state index contributed by atoms with van der Waals surface area (Å²) in [4.78, 5) is 16.0. The zero-order valence-corrected chi connectivity index (χ0v) is 12.6. The summed E-state index contributed by atoms with van der Waals surface area (Å²) in [6, 6.07) is 6.99. The highest BCUT2D eigenvalue weighted by Crippen LogP contribution is 2.24.